The first kappa shape index (κ1) is 7.02. The maximum Gasteiger partial charge on any atom is 0.0848 e. The summed E-state index contributed by atoms with van der Waals surface area (Å²) in [5.74, 6) is 0. The summed E-state index contributed by atoms with van der Waals surface area (Å²) in [7, 11) is 0. The number of aromatic amines is 1. The molecule has 0 saturated carbocycles. The van der Waals surface area contributed by atoms with E-state index in [2.05, 4.69) is 10.2 Å². The van der Waals surface area contributed by atoms with E-state index < -0.39 is 0 Å². The van der Waals surface area contributed by atoms with Gasteiger partial charge in [-0.05, 0) is 19.1 Å². The topological polar surface area (TPSA) is 54.7 Å². The molecule has 0 bridgehead atoms. The Hall–Kier alpha value is -1.09. The van der Waals surface area contributed by atoms with Crippen LogP contribution in [0, 0.1) is 6.92 Å². The fourth-order valence-electron chi connectivity index (χ4n) is 0.713. The van der Waals surface area contributed by atoms with Crippen LogP contribution in [0.5, 0.6) is 0 Å². The predicted molar refractivity (Wildman–Crippen MR) is 41.4 cm³/mol. The molecule has 0 aliphatic rings. The average Bonchev–Trinajstić information content (AvgIpc) is 2.31. The van der Waals surface area contributed by atoms with Crippen LogP contribution in [-0.2, 0) is 0 Å². The average molecular weight is 137 g/mol. The van der Waals surface area contributed by atoms with Crippen molar-refractivity contribution in [3.63, 3.8) is 0 Å². The highest BCUT2D eigenvalue weighted by atomic mass is 15.1. The second-order valence-electron chi connectivity index (χ2n) is 2.11. The van der Waals surface area contributed by atoms with Crippen LogP contribution in [0.2, 0.25) is 0 Å². The number of nitrogens with zero attached hydrogens (tertiary/aromatic N) is 1. The van der Waals surface area contributed by atoms with Gasteiger partial charge in [0.1, 0.15) is 0 Å². The monoisotopic (exact) mass is 137 g/mol. The lowest BCUT2D eigenvalue weighted by atomic mass is 10.3. The first-order chi connectivity index (χ1) is 4.83. The van der Waals surface area contributed by atoms with E-state index in [1.54, 1.807) is 0 Å². The quantitative estimate of drug-likeness (QED) is 0.630. The molecule has 0 amide bonds. The lowest BCUT2D eigenvalue weighted by Gasteiger charge is -1.78. The molecule has 1 aromatic rings. The highest BCUT2D eigenvalue weighted by Gasteiger charge is 1.89. The number of nitrogens with two attached hydrogens (primary N) is 1. The Labute approximate surface area is 59.9 Å². The zero-order valence-electron chi connectivity index (χ0n) is 5.96. The molecule has 3 heteroatoms. The van der Waals surface area contributed by atoms with Gasteiger partial charge in [-0.3, -0.25) is 5.10 Å². The molecule has 0 radical (unpaired) electrons. The lowest BCUT2D eigenvalue weighted by molar-refractivity contribution is 1.04. The molecule has 1 aromatic heterocycles. The zero-order valence-corrected chi connectivity index (χ0v) is 5.96. The summed E-state index contributed by atoms with van der Waals surface area (Å²) in [5.41, 5.74) is 7.26. The normalized spacial score (nSPS) is 11.0. The Morgan fingerprint density at radius 3 is 3.10 bits per heavy atom. The Kier molecular flexibility index (Phi) is 2.23. The Balaban J connectivity index is 2.67. The largest absolute Gasteiger partial charge is 0.327 e. The van der Waals surface area contributed by atoms with Crippen LogP contribution in [0.3, 0.4) is 0 Å². The van der Waals surface area contributed by atoms with Crippen molar-refractivity contribution in [2.75, 3.05) is 6.54 Å². The van der Waals surface area contributed by atoms with E-state index in [4.69, 9.17) is 5.73 Å². The van der Waals surface area contributed by atoms with Gasteiger partial charge >= 0.3 is 0 Å². The minimum atomic E-state index is 0.561. The van der Waals surface area contributed by atoms with Crippen LogP contribution < -0.4 is 5.73 Å². The van der Waals surface area contributed by atoms with Gasteiger partial charge in [0.25, 0.3) is 0 Å². The first-order valence-corrected chi connectivity index (χ1v) is 3.21. The zero-order chi connectivity index (χ0) is 7.40. The van der Waals surface area contributed by atoms with Crippen molar-refractivity contribution in [2.45, 2.75) is 6.92 Å². The Morgan fingerprint density at radius 2 is 2.60 bits per heavy atom. The summed E-state index contributed by atoms with van der Waals surface area (Å²) in [6.45, 7) is 2.53. The molecule has 0 aromatic carbocycles. The lowest BCUT2D eigenvalue weighted by Crippen LogP contribution is -1.91. The van der Waals surface area contributed by atoms with Crippen molar-refractivity contribution in [3.05, 3.63) is 23.5 Å². The summed E-state index contributed by atoms with van der Waals surface area (Å²) < 4.78 is 0. The molecule has 0 atom stereocenters. The third-order valence-electron chi connectivity index (χ3n) is 1.15. The number of H-pyrrole nitrogens is 1. The Morgan fingerprint density at radius 1 is 1.80 bits per heavy atom. The van der Waals surface area contributed by atoms with E-state index >= 15 is 0 Å². The van der Waals surface area contributed by atoms with Gasteiger partial charge in [0.2, 0.25) is 0 Å². The standard InChI is InChI=1S/C7H11N3/c1-6-5-7(10-9-6)3-2-4-8/h2-3,5H,4,8H2,1H3,(H,9,10)/b3-2+. The fraction of sp³-hybridized carbons (Fsp3) is 0.286. The number of hydrogen-bond acceptors (Lipinski definition) is 2. The minimum Gasteiger partial charge on any atom is -0.327 e. The molecule has 0 fully saturated rings. The summed E-state index contributed by atoms with van der Waals surface area (Å²) in [4.78, 5) is 0. The first-order valence-electron chi connectivity index (χ1n) is 3.21. The molecule has 0 spiro atoms. The fourth-order valence-corrected chi connectivity index (χ4v) is 0.713. The van der Waals surface area contributed by atoms with Crippen LogP contribution in [0.1, 0.15) is 11.4 Å². The molecule has 1 heterocycles. The molecule has 3 nitrogen and oxygen atoms in total. The van der Waals surface area contributed by atoms with Crippen molar-refractivity contribution >= 4 is 6.08 Å². The summed E-state index contributed by atoms with van der Waals surface area (Å²) in [6.07, 6.45) is 3.76. The van der Waals surface area contributed by atoms with E-state index in [1.807, 2.05) is 25.1 Å². The number of nitrogens with one attached hydrogen (secondary N) is 1. The number of aromatic nitrogens is 2. The molecular formula is C7H11N3. The van der Waals surface area contributed by atoms with Gasteiger partial charge in [0, 0.05) is 12.2 Å². The van der Waals surface area contributed by atoms with Crippen molar-refractivity contribution < 1.29 is 0 Å². The highest BCUT2D eigenvalue weighted by molar-refractivity contribution is 5.44. The van der Waals surface area contributed by atoms with E-state index in [0.29, 0.717) is 6.54 Å². The predicted octanol–water partition coefficient (Wildman–Crippen LogP) is 0.690. The highest BCUT2D eigenvalue weighted by Crippen LogP contribution is 1.98. The van der Waals surface area contributed by atoms with Crippen LogP contribution >= 0.6 is 0 Å². The second kappa shape index (κ2) is 3.17. The van der Waals surface area contributed by atoms with Crippen LogP contribution in [-0.4, -0.2) is 16.7 Å². The number of rotatable bonds is 2. The van der Waals surface area contributed by atoms with E-state index in [9.17, 15) is 0 Å². The van der Waals surface area contributed by atoms with Gasteiger partial charge in [-0.1, -0.05) is 6.08 Å². The molecule has 54 valence electrons. The van der Waals surface area contributed by atoms with Gasteiger partial charge < -0.3 is 5.73 Å². The van der Waals surface area contributed by atoms with E-state index in [0.717, 1.165) is 11.4 Å². The number of aryl methyl sites for hydroxylation is 1. The molecule has 0 aliphatic carbocycles. The molecule has 0 unspecified atom stereocenters. The summed E-state index contributed by atoms with van der Waals surface area (Å²) in [6, 6.07) is 1.96. The molecule has 10 heavy (non-hydrogen) atoms. The molecule has 1 rings (SSSR count). The van der Waals surface area contributed by atoms with Crippen LogP contribution in [0.4, 0.5) is 0 Å². The maximum atomic E-state index is 5.26. The third-order valence-corrected chi connectivity index (χ3v) is 1.15. The maximum absolute atomic E-state index is 5.26. The molecule has 0 aliphatic heterocycles. The van der Waals surface area contributed by atoms with Crippen LogP contribution in [0.25, 0.3) is 6.08 Å². The van der Waals surface area contributed by atoms with Gasteiger partial charge in [0.15, 0.2) is 0 Å². The molecule has 0 saturated heterocycles. The second-order valence-corrected chi connectivity index (χ2v) is 2.11. The third kappa shape index (κ3) is 1.70. The van der Waals surface area contributed by atoms with E-state index in [1.165, 1.54) is 0 Å². The van der Waals surface area contributed by atoms with Gasteiger partial charge in [-0.2, -0.15) is 5.10 Å². The van der Waals surface area contributed by atoms with Gasteiger partial charge in [0.05, 0.1) is 5.69 Å². The SMILES string of the molecule is Cc1cc(/C=C/CN)n[nH]1. The van der Waals surface area contributed by atoms with Crippen molar-refractivity contribution in [3.8, 4) is 0 Å². The van der Waals surface area contributed by atoms with Crippen molar-refractivity contribution in [2.24, 2.45) is 5.73 Å². The van der Waals surface area contributed by atoms with Crippen molar-refractivity contribution in [1.29, 1.82) is 0 Å². The summed E-state index contributed by atoms with van der Waals surface area (Å²) in [5, 5.41) is 6.82. The molecular weight excluding hydrogens is 126 g/mol. The smallest absolute Gasteiger partial charge is 0.0848 e. The van der Waals surface area contributed by atoms with Gasteiger partial charge in [-0.15, -0.1) is 0 Å². The molecule has 3 N–H and O–H groups in total. The van der Waals surface area contributed by atoms with E-state index in [-0.39, 0.29) is 0 Å². The summed E-state index contributed by atoms with van der Waals surface area (Å²) >= 11 is 0. The Bertz CT molecular complexity index is 225. The minimum absolute atomic E-state index is 0.561. The van der Waals surface area contributed by atoms with Gasteiger partial charge in [-0.25, -0.2) is 0 Å². The van der Waals surface area contributed by atoms with Crippen molar-refractivity contribution in [1.82, 2.24) is 10.2 Å². The number of hydrogen-bond donors (Lipinski definition) is 2. The van der Waals surface area contributed by atoms with Crippen LogP contribution in [0.15, 0.2) is 12.1 Å².